The number of nitrogens with two attached hydrogens (primary N) is 1. The van der Waals surface area contributed by atoms with Crippen LogP contribution < -0.4 is 11.1 Å². The van der Waals surface area contributed by atoms with Gasteiger partial charge >= 0.3 is 12.0 Å². The normalized spacial score (nSPS) is 21.8. The van der Waals surface area contributed by atoms with Crippen LogP contribution in [-0.4, -0.2) is 17.9 Å². The van der Waals surface area contributed by atoms with E-state index in [0.717, 1.165) is 0 Å². The number of carbonyl (C=O) groups is 3. The van der Waals surface area contributed by atoms with Crippen LogP contribution in [0.4, 0.5) is 4.79 Å². The summed E-state index contributed by atoms with van der Waals surface area (Å²) in [6.07, 6.45) is 0.237. The van der Waals surface area contributed by atoms with Gasteiger partial charge in [0, 0.05) is 17.0 Å². The number of rotatable bonds is 2. The van der Waals surface area contributed by atoms with Crippen molar-refractivity contribution in [2.24, 2.45) is 5.73 Å². The highest BCUT2D eigenvalue weighted by atomic mass is 35.5. The van der Waals surface area contributed by atoms with E-state index in [1.165, 1.54) is 0 Å². The monoisotopic (exact) mass is 282 g/mol. The predicted molar refractivity (Wildman–Crippen MR) is 66.2 cm³/mol. The fraction of sp³-hybridized carbons (Fsp3) is 0.250. The molecule has 0 saturated carbocycles. The highest BCUT2D eigenvalue weighted by Crippen LogP contribution is 2.37. The van der Waals surface area contributed by atoms with Crippen LogP contribution in [0.1, 0.15) is 18.4 Å². The van der Waals surface area contributed by atoms with E-state index in [4.69, 9.17) is 22.1 Å². The van der Waals surface area contributed by atoms with Crippen LogP contribution in [0.5, 0.6) is 0 Å². The molecule has 100 valence electrons. The molecule has 7 heteroatoms. The lowest BCUT2D eigenvalue weighted by atomic mass is 9.90. The number of primary amides is 1. The summed E-state index contributed by atoms with van der Waals surface area (Å²) >= 11 is 5.77. The van der Waals surface area contributed by atoms with E-state index in [-0.39, 0.29) is 12.8 Å². The number of halogens is 1. The molecule has 1 atom stereocenters. The Kier molecular flexibility index (Phi) is 3.44. The molecule has 3 N–H and O–H groups in total. The van der Waals surface area contributed by atoms with Crippen molar-refractivity contribution in [3.05, 3.63) is 34.9 Å². The second-order valence-electron chi connectivity index (χ2n) is 4.13. The molecule has 0 bridgehead atoms. The minimum Gasteiger partial charge on any atom is -0.444 e. The standard InChI is InChI=1S/C12H11ClN2O4/c13-8-3-1-7(2-4-8)12(6-5-9(16)19-12)10(17)15-11(14)18/h1-4H,5-6H2,(H3,14,15,17,18). The van der Waals surface area contributed by atoms with Gasteiger partial charge in [-0.15, -0.1) is 0 Å². The van der Waals surface area contributed by atoms with Crippen LogP contribution >= 0.6 is 11.6 Å². The van der Waals surface area contributed by atoms with Gasteiger partial charge < -0.3 is 10.5 Å². The molecule has 1 unspecified atom stereocenters. The zero-order chi connectivity index (χ0) is 14.0. The zero-order valence-corrected chi connectivity index (χ0v) is 10.6. The molecule has 0 spiro atoms. The molecule has 1 saturated heterocycles. The number of ether oxygens (including phenoxy) is 1. The number of benzene rings is 1. The smallest absolute Gasteiger partial charge is 0.318 e. The van der Waals surface area contributed by atoms with Crippen molar-refractivity contribution in [3.63, 3.8) is 0 Å². The minimum absolute atomic E-state index is 0.0921. The zero-order valence-electron chi connectivity index (χ0n) is 9.81. The van der Waals surface area contributed by atoms with Gasteiger partial charge in [0.2, 0.25) is 5.60 Å². The van der Waals surface area contributed by atoms with E-state index in [9.17, 15) is 14.4 Å². The Hall–Kier alpha value is -2.08. The van der Waals surface area contributed by atoms with Crippen LogP contribution in [0.25, 0.3) is 0 Å². The molecule has 6 nitrogen and oxygen atoms in total. The van der Waals surface area contributed by atoms with Gasteiger partial charge in [-0.3, -0.25) is 14.9 Å². The van der Waals surface area contributed by atoms with E-state index in [1.54, 1.807) is 24.3 Å². The fourth-order valence-electron chi connectivity index (χ4n) is 2.00. The van der Waals surface area contributed by atoms with Crippen LogP contribution in [0.2, 0.25) is 5.02 Å². The maximum Gasteiger partial charge on any atom is 0.318 e. The van der Waals surface area contributed by atoms with Gasteiger partial charge in [0.05, 0.1) is 6.42 Å². The number of imide groups is 1. The van der Waals surface area contributed by atoms with Crippen LogP contribution in [0, 0.1) is 0 Å². The third-order valence-corrected chi connectivity index (χ3v) is 3.14. The number of nitrogens with one attached hydrogen (secondary N) is 1. The molecule has 19 heavy (non-hydrogen) atoms. The lowest BCUT2D eigenvalue weighted by molar-refractivity contribution is -0.159. The average molecular weight is 283 g/mol. The summed E-state index contributed by atoms with van der Waals surface area (Å²) < 4.78 is 5.14. The third-order valence-electron chi connectivity index (χ3n) is 2.88. The molecule has 1 fully saturated rings. The molecule has 0 aliphatic carbocycles. The SMILES string of the molecule is NC(=O)NC(=O)C1(c2ccc(Cl)cc2)CCC(=O)O1. The first-order valence-corrected chi connectivity index (χ1v) is 5.90. The van der Waals surface area contributed by atoms with Crippen LogP contribution in [-0.2, 0) is 19.9 Å². The van der Waals surface area contributed by atoms with Crippen molar-refractivity contribution in [2.75, 3.05) is 0 Å². The lowest BCUT2D eigenvalue weighted by Gasteiger charge is -2.26. The molecule has 3 amide bonds. The average Bonchev–Trinajstić information content (AvgIpc) is 2.73. The van der Waals surface area contributed by atoms with E-state index in [0.29, 0.717) is 10.6 Å². The van der Waals surface area contributed by atoms with Crippen LogP contribution in [0.15, 0.2) is 24.3 Å². The summed E-state index contributed by atoms with van der Waals surface area (Å²) in [6.45, 7) is 0. The highest BCUT2D eigenvalue weighted by Gasteiger charge is 2.49. The third kappa shape index (κ3) is 2.53. The molecular formula is C12H11ClN2O4. The first kappa shape index (κ1) is 13.4. The fourth-order valence-corrected chi connectivity index (χ4v) is 2.13. The Balaban J connectivity index is 2.40. The minimum atomic E-state index is -1.52. The molecule has 2 rings (SSSR count). The Morgan fingerprint density at radius 1 is 1.32 bits per heavy atom. The highest BCUT2D eigenvalue weighted by molar-refractivity contribution is 6.30. The second-order valence-corrected chi connectivity index (χ2v) is 4.56. The second kappa shape index (κ2) is 4.89. The van der Waals surface area contributed by atoms with Crippen molar-refractivity contribution in [1.82, 2.24) is 5.32 Å². The summed E-state index contributed by atoms with van der Waals surface area (Å²) in [7, 11) is 0. The number of hydrogen-bond donors (Lipinski definition) is 2. The molecule has 0 radical (unpaired) electrons. The largest absolute Gasteiger partial charge is 0.444 e. The molecular weight excluding hydrogens is 272 g/mol. The van der Waals surface area contributed by atoms with Crippen molar-refractivity contribution in [2.45, 2.75) is 18.4 Å². The number of amides is 3. The van der Waals surface area contributed by atoms with Crippen molar-refractivity contribution < 1.29 is 19.1 Å². The van der Waals surface area contributed by atoms with Crippen molar-refractivity contribution in [3.8, 4) is 0 Å². The molecule has 1 aromatic rings. The predicted octanol–water partition coefficient (Wildman–Crippen LogP) is 1.07. The van der Waals surface area contributed by atoms with E-state index < -0.39 is 23.5 Å². The van der Waals surface area contributed by atoms with Gasteiger partial charge in [-0.25, -0.2) is 4.79 Å². The summed E-state index contributed by atoms with van der Waals surface area (Å²) in [5.74, 6) is -1.26. The van der Waals surface area contributed by atoms with Gasteiger partial charge in [-0.05, 0) is 12.1 Å². The summed E-state index contributed by atoms with van der Waals surface area (Å²) in [5.41, 5.74) is 3.85. The van der Waals surface area contributed by atoms with Gasteiger partial charge in [-0.2, -0.15) is 0 Å². The molecule has 1 heterocycles. The topological polar surface area (TPSA) is 98.5 Å². The summed E-state index contributed by atoms with van der Waals surface area (Å²) in [5, 5.41) is 2.43. The van der Waals surface area contributed by atoms with Gasteiger partial charge in [0.25, 0.3) is 5.91 Å². The molecule has 0 aromatic heterocycles. The van der Waals surface area contributed by atoms with Gasteiger partial charge in [0.1, 0.15) is 0 Å². The number of cyclic esters (lactones) is 1. The van der Waals surface area contributed by atoms with Gasteiger partial charge in [0.15, 0.2) is 0 Å². The number of hydrogen-bond acceptors (Lipinski definition) is 4. The van der Waals surface area contributed by atoms with Crippen molar-refractivity contribution in [1.29, 1.82) is 0 Å². The lowest BCUT2D eigenvalue weighted by Crippen LogP contribution is -2.48. The summed E-state index contributed by atoms with van der Waals surface area (Å²) in [4.78, 5) is 34.2. The molecule has 1 aliphatic rings. The Labute approximate surface area is 113 Å². The van der Waals surface area contributed by atoms with E-state index in [1.807, 2.05) is 5.32 Å². The quantitative estimate of drug-likeness (QED) is 0.793. The first-order chi connectivity index (χ1) is 8.94. The number of urea groups is 1. The molecule has 1 aromatic carbocycles. The van der Waals surface area contributed by atoms with E-state index in [2.05, 4.69) is 0 Å². The Bertz CT molecular complexity index is 543. The summed E-state index contributed by atoms with van der Waals surface area (Å²) in [6, 6.07) is 5.29. The number of esters is 1. The first-order valence-electron chi connectivity index (χ1n) is 5.53. The maximum absolute atomic E-state index is 12.1. The maximum atomic E-state index is 12.1. The van der Waals surface area contributed by atoms with E-state index >= 15 is 0 Å². The van der Waals surface area contributed by atoms with Crippen molar-refractivity contribution >= 4 is 29.5 Å². The Morgan fingerprint density at radius 3 is 2.42 bits per heavy atom. The van der Waals surface area contributed by atoms with Gasteiger partial charge in [-0.1, -0.05) is 23.7 Å². The van der Waals surface area contributed by atoms with Crippen LogP contribution in [0.3, 0.4) is 0 Å². The molecule has 1 aliphatic heterocycles. The Morgan fingerprint density at radius 2 is 1.95 bits per heavy atom. The number of carbonyl (C=O) groups excluding carboxylic acids is 3.